The van der Waals surface area contributed by atoms with Crippen LogP contribution in [0.3, 0.4) is 0 Å². The number of ether oxygens (including phenoxy) is 6. The molecule has 0 fully saturated rings. The molecule has 0 aliphatic rings. The fourth-order valence-corrected chi connectivity index (χ4v) is 2.00. The Balaban J connectivity index is 2.03. The molecule has 0 spiro atoms. The maximum absolute atomic E-state index is 13.4. The topological polar surface area (TPSA) is 89.5 Å². The minimum Gasteiger partial charge on any atom is -0.463 e. The van der Waals surface area contributed by atoms with Crippen molar-refractivity contribution in [3.63, 3.8) is 0 Å². The molecule has 0 aliphatic heterocycles. The maximum atomic E-state index is 13.4. The second-order valence-electron chi connectivity index (χ2n) is 5.91. The Morgan fingerprint density at radius 2 is 0.969 bits per heavy atom. The molecule has 0 N–H and O–H groups in total. The third kappa shape index (κ3) is 10.3. The Hall–Kier alpha value is -2.35. The van der Waals surface area contributed by atoms with Gasteiger partial charge in [0.2, 0.25) is 34.8 Å². The van der Waals surface area contributed by atoms with E-state index >= 15 is 0 Å². The van der Waals surface area contributed by atoms with Gasteiger partial charge in [-0.2, -0.15) is 8.78 Å². The van der Waals surface area contributed by atoms with Crippen LogP contribution >= 0.6 is 0 Å². The number of esters is 2. The van der Waals surface area contributed by atoms with Gasteiger partial charge in [-0.15, -0.1) is 0 Å². The zero-order valence-electron chi connectivity index (χ0n) is 17.2. The molecule has 0 aromatic heterocycles. The Labute approximate surface area is 180 Å². The summed E-state index contributed by atoms with van der Waals surface area (Å²) in [6, 6.07) is 0. The van der Waals surface area contributed by atoms with E-state index in [1.54, 1.807) is 0 Å². The van der Waals surface area contributed by atoms with Crippen LogP contribution in [0.1, 0.15) is 13.3 Å². The number of hydrogen-bond acceptors (Lipinski definition) is 8. The van der Waals surface area contributed by atoms with Gasteiger partial charge in [-0.1, -0.05) is 0 Å². The van der Waals surface area contributed by atoms with Crippen LogP contribution in [-0.4, -0.2) is 71.4 Å². The molecule has 0 saturated carbocycles. The van der Waals surface area contributed by atoms with Crippen LogP contribution in [0, 0.1) is 29.1 Å². The van der Waals surface area contributed by atoms with Crippen molar-refractivity contribution in [2.24, 2.45) is 0 Å². The molecule has 0 bridgehead atoms. The molecule has 32 heavy (non-hydrogen) atoms. The van der Waals surface area contributed by atoms with Crippen molar-refractivity contribution < 1.29 is 60.0 Å². The van der Waals surface area contributed by atoms with E-state index < -0.39 is 47.2 Å². The van der Waals surface area contributed by atoms with Crippen LogP contribution in [0.4, 0.5) is 22.0 Å². The fraction of sp³-hybridized carbons (Fsp3) is 0.579. The molecule has 182 valence electrons. The summed E-state index contributed by atoms with van der Waals surface area (Å²) in [4.78, 5) is 22.0. The van der Waals surface area contributed by atoms with Crippen LogP contribution in [0.15, 0.2) is 0 Å². The van der Waals surface area contributed by atoms with Gasteiger partial charge in [0.15, 0.2) is 0 Å². The minimum absolute atomic E-state index is 0.0784. The van der Waals surface area contributed by atoms with Crippen LogP contribution in [0.25, 0.3) is 0 Å². The van der Waals surface area contributed by atoms with Crippen molar-refractivity contribution >= 4 is 11.9 Å². The van der Waals surface area contributed by atoms with Crippen molar-refractivity contribution in [2.45, 2.75) is 13.3 Å². The lowest BCUT2D eigenvalue weighted by Crippen LogP contribution is -2.16. The van der Waals surface area contributed by atoms with Crippen LogP contribution in [-0.2, 0) is 33.3 Å². The molecule has 0 radical (unpaired) electrons. The molecule has 0 aliphatic carbocycles. The molecule has 0 atom stereocenters. The Morgan fingerprint density at radius 1 is 0.594 bits per heavy atom. The monoisotopic (exact) mass is 474 g/mol. The molecule has 0 unspecified atom stereocenters. The van der Waals surface area contributed by atoms with E-state index in [2.05, 4.69) is 9.47 Å². The summed E-state index contributed by atoms with van der Waals surface area (Å²) in [5.74, 6) is -14.5. The zero-order chi connectivity index (χ0) is 23.9. The van der Waals surface area contributed by atoms with Crippen LogP contribution < -0.4 is 4.74 Å². The predicted octanol–water partition coefficient (Wildman–Crippen LogP) is 2.31. The average molecular weight is 474 g/mol. The summed E-state index contributed by atoms with van der Waals surface area (Å²) >= 11 is 0. The summed E-state index contributed by atoms with van der Waals surface area (Å²) in [6.45, 7) is 2.97. The van der Waals surface area contributed by atoms with Gasteiger partial charge in [-0.25, -0.2) is 13.2 Å². The molecular weight excluding hydrogens is 451 g/mol. The normalized spacial score (nSPS) is 10.9. The van der Waals surface area contributed by atoms with Crippen molar-refractivity contribution in [2.75, 3.05) is 59.5 Å². The summed E-state index contributed by atoms with van der Waals surface area (Å²) in [7, 11) is 0. The van der Waals surface area contributed by atoms with Crippen LogP contribution in [0.5, 0.6) is 5.75 Å². The van der Waals surface area contributed by atoms with Gasteiger partial charge in [0.1, 0.15) is 6.61 Å². The fourth-order valence-electron chi connectivity index (χ4n) is 2.00. The Morgan fingerprint density at radius 3 is 1.41 bits per heavy atom. The average Bonchev–Trinajstić information content (AvgIpc) is 2.76. The van der Waals surface area contributed by atoms with E-state index in [0.717, 1.165) is 0 Å². The van der Waals surface area contributed by atoms with Gasteiger partial charge in [-0.05, 0) is 0 Å². The van der Waals surface area contributed by atoms with Gasteiger partial charge in [0.05, 0.1) is 59.3 Å². The molecule has 0 amide bonds. The molecule has 1 rings (SSSR count). The highest BCUT2D eigenvalue weighted by atomic mass is 19.2. The lowest BCUT2D eigenvalue weighted by molar-refractivity contribution is -0.142. The highest BCUT2D eigenvalue weighted by Crippen LogP contribution is 2.29. The highest BCUT2D eigenvalue weighted by molar-refractivity contribution is 5.72. The first-order valence-electron chi connectivity index (χ1n) is 9.42. The number of halogens is 5. The van der Waals surface area contributed by atoms with E-state index in [-0.39, 0.29) is 45.6 Å². The van der Waals surface area contributed by atoms with E-state index in [9.17, 15) is 31.5 Å². The molecular formula is C19H23F5O8. The molecule has 1 aromatic rings. The summed E-state index contributed by atoms with van der Waals surface area (Å²) < 4.78 is 95.4. The first-order valence-corrected chi connectivity index (χ1v) is 9.42. The summed E-state index contributed by atoms with van der Waals surface area (Å²) in [5.41, 5.74) is 0. The number of rotatable bonds is 16. The maximum Gasteiger partial charge on any atom is 0.313 e. The first-order chi connectivity index (χ1) is 15.3. The van der Waals surface area contributed by atoms with Gasteiger partial charge in [0, 0.05) is 6.92 Å². The SMILES string of the molecule is CC(=O)OCCOCCOCCOCCOCCC(=O)Oc1c(F)c(F)c(F)c(F)c1F. The lowest BCUT2D eigenvalue weighted by Gasteiger charge is -2.09. The standard InChI is InChI=1S/C19H23F5O8/c1-12(25)31-11-10-30-9-8-29-7-6-28-5-4-27-3-2-13(26)32-19-17(23)15(21)14(20)16(22)18(19)24/h2-11H2,1H3. The summed E-state index contributed by atoms with van der Waals surface area (Å²) in [6.07, 6.45) is -0.486. The third-order valence-electron chi connectivity index (χ3n) is 3.48. The smallest absolute Gasteiger partial charge is 0.313 e. The van der Waals surface area contributed by atoms with Crippen molar-refractivity contribution in [1.29, 1.82) is 0 Å². The molecule has 0 heterocycles. The van der Waals surface area contributed by atoms with E-state index in [1.165, 1.54) is 6.92 Å². The van der Waals surface area contributed by atoms with E-state index in [4.69, 9.17) is 18.9 Å². The second kappa shape index (κ2) is 15.5. The van der Waals surface area contributed by atoms with Crippen molar-refractivity contribution in [3.05, 3.63) is 29.1 Å². The number of carbonyl (C=O) groups is 2. The van der Waals surface area contributed by atoms with Gasteiger partial charge < -0.3 is 28.4 Å². The lowest BCUT2D eigenvalue weighted by atomic mass is 10.2. The van der Waals surface area contributed by atoms with Gasteiger partial charge in [-0.3, -0.25) is 9.59 Å². The predicted molar refractivity (Wildman–Crippen MR) is 96.4 cm³/mol. The van der Waals surface area contributed by atoms with Crippen molar-refractivity contribution in [3.8, 4) is 5.75 Å². The third-order valence-corrected chi connectivity index (χ3v) is 3.48. The number of hydrogen-bond donors (Lipinski definition) is 0. The number of benzene rings is 1. The number of carbonyl (C=O) groups excluding carboxylic acids is 2. The largest absolute Gasteiger partial charge is 0.463 e. The van der Waals surface area contributed by atoms with Crippen LogP contribution in [0.2, 0.25) is 0 Å². The summed E-state index contributed by atoms with van der Waals surface area (Å²) in [5, 5.41) is 0. The quantitative estimate of drug-likeness (QED) is 0.0901. The molecule has 8 nitrogen and oxygen atoms in total. The molecule has 1 aromatic carbocycles. The first kappa shape index (κ1) is 27.7. The van der Waals surface area contributed by atoms with E-state index in [0.29, 0.717) is 19.8 Å². The van der Waals surface area contributed by atoms with Crippen molar-refractivity contribution in [1.82, 2.24) is 0 Å². The van der Waals surface area contributed by atoms with Gasteiger partial charge >= 0.3 is 11.9 Å². The molecule has 0 saturated heterocycles. The Kier molecular flexibility index (Phi) is 13.4. The minimum atomic E-state index is -2.35. The van der Waals surface area contributed by atoms with Gasteiger partial charge in [0.25, 0.3) is 0 Å². The zero-order valence-corrected chi connectivity index (χ0v) is 17.2. The second-order valence-corrected chi connectivity index (χ2v) is 5.91. The highest BCUT2D eigenvalue weighted by Gasteiger charge is 2.28. The Bertz CT molecular complexity index is 718. The van der Waals surface area contributed by atoms with E-state index in [1.807, 2.05) is 0 Å². The molecule has 13 heteroatoms.